The Balaban J connectivity index is 2.05. The van der Waals surface area contributed by atoms with Crippen LogP contribution >= 0.6 is 0 Å². The summed E-state index contributed by atoms with van der Waals surface area (Å²) in [4.78, 5) is 0. The van der Waals surface area contributed by atoms with Gasteiger partial charge in [-0.05, 0) is 5.56 Å². The highest BCUT2D eigenvalue weighted by molar-refractivity contribution is 5.49. The standard InChI is InChI=1S/C10H10O/c1-2-4-9(5-3-1)6-7-10-8-11-10/h1-7,10H,8H2/b7-6-. The lowest BCUT2D eigenvalue weighted by atomic mass is 10.2. The highest BCUT2D eigenvalue weighted by Gasteiger charge is 2.17. The lowest BCUT2D eigenvalue weighted by molar-refractivity contribution is 0.440. The minimum absolute atomic E-state index is 0.384. The van der Waals surface area contributed by atoms with E-state index in [2.05, 4.69) is 24.3 Å². The molecular weight excluding hydrogens is 136 g/mol. The molecule has 1 fully saturated rings. The van der Waals surface area contributed by atoms with Crippen LogP contribution < -0.4 is 0 Å². The molecular formula is C10H10O. The molecule has 1 heteroatoms. The van der Waals surface area contributed by atoms with Crippen LogP contribution in [0.5, 0.6) is 0 Å². The third-order valence-corrected chi connectivity index (χ3v) is 1.66. The molecule has 1 aliphatic rings. The summed E-state index contributed by atoms with van der Waals surface area (Å²) in [6, 6.07) is 10.3. The molecule has 1 heterocycles. The molecule has 0 saturated carbocycles. The van der Waals surface area contributed by atoms with E-state index >= 15 is 0 Å². The van der Waals surface area contributed by atoms with Crippen LogP contribution in [0.15, 0.2) is 36.4 Å². The lowest BCUT2D eigenvalue weighted by Gasteiger charge is -1.88. The van der Waals surface area contributed by atoms with Crippen molar-refractivity contribution in [1.29, 1.82) is 0 Å². The highest BCUT2D eigenvalue weighted by atomic mass is 16.6. The molecule has 0 spiro atoms. The van der Waals surface area contributed by atoms with Crippen LogP contribution in [0.2, 0.25) is 0 Å². The van der Waals surface area contributed by atoms with Crippen LogP contribution in [0, 0.1) is 0 Å². The molecule has 0 N–H and O–H groups in total. The third-order valence-electron chi connectivity index (χ3n) is 1.66. The molecule has 0 radical (unpaired) electrons. The lowest BCUT2D eigenvalue weighted by Crippen LogP contribution is -1.74. The first-order chi connectivity index (χ1) is 5.45. The minimum atomic E-state index is 0.384. The maximum Gasteiger partial charge on any atom is 0.0994 e. The van der Waals surface area contributed by atoms with Gasteiger partial charge in [0.05, 0.1) is 12.7 Å². The van der Waals surface area contributed by atoms with E-state index in [1.54, 1.807) is 0 Å². The summed E-state index contributed by atoms with van der Waals surface area (Å²) in [6.07, 6.45) is 4.57. The van der Waals surface area contributed by atoms with Crippen LogP contribution in [-0.4, -0.2) is 12.7 Å². The Morgan fingerprint density at radius 1 is 1.27 bits per heavy atom. The molecule has 1 aromatic rings. The monoisotopic (exact) mass is 146 g/mol. The van der Waals surface area contributed by atoms with E-state index in [4.69, 9.17) is 4.74 Å². The SMILES string of the molecule is C(=C/C1CO1)/c1ccccc1. The normalized spacial score (nSPS) is 22.4. The van der Waals surface area contributed by atoms with Crippen LogP contribution in [0.25, 0.3) is 6.08 Å². The second-order valence-corrected chi connectivity index (χ2v) is 2.64. The molecule has 0 amide bonds. The third kappa shape index (κ3) is 1.92. The fourth-order valence-corrected chi connectivity index (χ4v) is 0.949. The number of hydrogen-bond acceptors (Lipinski definition) is 1. The maximum atomic E-state index is 5.04. The van der Waals surface area contributed by atoms with Gasteiger partial charge in [-0.15, -0.1) is 0 Å². The molecule has 11 heavy (non-hydrogen) atoms. The molecule has 2 rings (SSSR count). The topological polar surface area (TPSA) is 12.5 Å². The quantitative estimate of drug-likeness (QED) is 0.582. The first-order valence-corrected chi connectivity index (χ1v) is 3.80. The highest BCUT2D eigenvalue weighted by Crippen LogP contribution is 2.12. The number of rotatable bonds is 2. The smallest absolute Gasteiger partial charge is 0.0994 e. The van der Waals surface area contributed by atoms with E-state index in [0.717, 1.165) is 6.61 Å². The Hall–Kier alpha value is -1.08. The molecule has 0 aliphatic carbocycles. The van der Waals surface area contributed by atoms with Crippen LogP contribution in [0.3, 0.4) is 0 Å². The van der Waals surface area contributed by atoms with Crippen LogP contribution in [0.4, 0.5) is 0 Å². The Kier molecular flexibility index (Phi) is 1.74. The van der Waals surface area contributed by atoms with Crippen molar-refractivity contribution in [3.63, 3.8) is 0 Å². The first kappa shape index (κ1) is 6.62. The number of epoxide rings is 1. The van der Waals surface area contributed by atoms with Crippen molar-refractivity contribution in [2.75, 3.05) is 6.61 Å². The summed E-state index contributed by atoms with van der Waals surface area (Å²) in [5.74, 6) is 0. The molecule has 1 aromatic carbocycles. The Bertz CT molecular complexity index is 247. The minimum Gasteiger partial charge on any atom is -0.369 e. The largest absolute Gasteiger partial charge is 0.369 e. The van der Waals surface area contributed by atoms with Gasteiger partial charge < -0.3 is 4.74 Å². The predicted octanol–water partition coefficient (Wildman–Crippen LogP) is 2.10. The van der Waals surface area contributed by atoms with Gasteiger partial charge in [-0.1, -0.05) is 42.5 Å². The fraction of sp³-hybridized carbons (Fsp3) is 0.200. The zero-order chi connectivity index (χ0) is 7.52. The zero-order valence-corrected chi connectivity index (χ0v) is 6.23. The van der Waals surface area contributed by atoms with Crippen molar-refractivity contribution < 1.29 is 4.74 Å². The van der Waals surface area contributed by atoms with Crippen molar-refractivity contribution >= 4 is 6.08 Å². The maximum absolute atomic E-state index is 5.04. The average Bonchev–Trinajstić information content (AvgIpc) is 2.86. The van der Waals surface area contributed by atoms with Crippen molar-refractivity contribution in [3.05, 3.63) is 42.0 Å². The van der Waals surface area contributed by atoms with E-state index in [1.165, 1.54) is 5.56 Å². The molecule has 1 aliphatic heterocycles. The van der Waals surface area contributed by atoms with Gasteiger partial charge in [0.25, 0.3) is 0 Å². The van der Waals surface area contributed by atoms with Gasteiger partial charge in [0.1, 0.15) is 0 Å². The molecule has 56 valence electrons. The Morgan fingerprint density at radius 2 is 2.00 bits per heavy atom. The number of ether oxygens (including phenoxy) is 1. The van der Waals surface area contributed by atoms with E-state index < -0.39 is 0 Å². The molecule has 0 bridgehead atoms. The van der Waals surface area contributed by atoms with E-state index in [1.807, 2.05) is 18.2 Å². The van der Waals surface area contributed by atoms with Crippen LogP contribution in [-0.2, 0) is 4.74 Å². The zero-order valence-electron chi connectivity index (χ0n) is 6.23. The molecule has 1 nitrogen and oxygen atoms in total. The van der Waals surface area contributed by atoms with E-state index in [-0.39, 0.29) is 0 Å². The van der Waals surface area contributed by atoms with Gasteiger partial charge >= 0.3 is 0 Å². The summed E-state index contributed by atoms with van der Waals surface area (Å²) < 4.78 is 5.04. The predicted molar refractivity (Wildman–Crippen MR) is 45.2 cm³/mol. The van der Waals surface area contributed by atoms with Gasteiger partial charge in [0.15, 0.2) is 0 Å². The number of hydrogen-bond donors (Lipinski definition) is 0. The Morgan fingerprint density at radius 3 is 2.64 bits per heavy atom. The average molecular weight is 146 g/mol. The summed E-state index contributed by atoms with van der Waals surface area (Å²) in [7, 11) is 0. The van der Waals surface area contributed by atoms with Crippen LogP contribution in [0.1, 0.15) is 5.56 Å². The van der Waals surface area contributed by atoms with Gasteiger partial charge in [0, 0.05) is 0 Å². The molecule has 1 atom stereocenters. The summed E-state index contributed by atoms with van der Waals surface area (Å²) in [5, 5.41) is 0. The second-order valence-electron chi connectivity index (χ2n) is 2.64. The van der Waals surface area contributed by atoms with Crippen molar-refractivity contribution in [1.82, 2.24) is 0 Å². The summed E-state index contributed by atoms with van der Waals surface area (Å²) in [6.45, 7) is 0.892. The molecule has 1 saturated heterocycles. The van der Waals surface area contributed by atoms with Gasteiger partial charge in [-0.25, -0.2) is 0 Å². The van der Waals surface area contributed by atoms with Crippen molar-refractivity contribution in [2.24, 2.45) is 0 Å². The number of benzene rings is 1. The van der Waals surface area contributed by atoms with Crippen molar-refractivity contribution in [2.45, 2.75) is 6.10 Å². The van der Waals surface area contributed by atoms with Gasteiger partial charge in [0.2, 0.25) is 0 Å². The van der Waals surface area contributed by atoms with E-state index in [9.17, 15) is 0 Å². The van der Waals surface area contributed by atoms with Crippen molar-refractivity contribution in [3.8, 4) is 0 Å². The van der Waals surface area contributed by atoms with Gasteiger partial charge in [-0.3, -0.25) is 0 Å². The molecule has 1 unspecified atom stereocenters. The molecule has 0 aromatic heterocycles. The Labute approximate surface area is 66.3 Å². The van der Waals surface area contributed by atoms with E-state index in [0.29, 0.717) is 6.10 Å². The first-order valence-electron chi connectivity index (χ1n) is 3.80. The summed E-state index contributed by atoms with van der Waals surface area (Å²) in [5.41, 5.74) is 1.24. The fourth-order valence-electron chi connectivity index (χ4n) is 0.949. The second kappa shape index (κ2) is 2.89. The van der Waals surface area contributed by atoms with Gasteiger partial charge in [-0.2, -0.15) is 0 Å². The summed E-state index contributed by atoms with van der Waals surface area (Å²) >= 11 is 0.